The number of benzene rings is 1. The van der Waals surface area contributed by atoms with Crippen LogP contribution < -0.4 is 5.73 Å². The second kappa shape index (κ2) is 4.87. The van der Waals surface area contributed by atoms with E-state index in [1.165, 1.54) is 12.8 Å². The smallest absolute Gasteiger partial charge is 0.338 e. The molecule has 16 heavy (non-hydrogen) atoms. The van der Waals surface area contributed by atoms with E-state index in [0.717, 1.165) is 16.8 Å². The lowest BCUT2D eigenvalue weighted by Gasteiger charge is -2.05. The van der Waals surface area contributed by atoms with E-state index in [9.17, 15) is 4.79 Å². The molecule has 1 aromatic rings. The molecule has 1 aliphatic rings. The van der Waals surface area contributed by atoms with Gasteiger partial charge in [0.15, 0.2) is 0 Å². The third-order valence-electron chi connectivity index (χ3n) is 2.69. The van der Waals surface area contributed by atoms with Gasteiger partial charge >= 0.3 is 5.97 Å². The molecule has 0 saturated heterocycles. The van der Waals surface area contributed by atoms with Crippen molar-refractivity contribution >= 4 is 27.6 Å². The van der Waals surface area contributed by atoms with Crippen molar-refractivity contribution < 1.29 is 9.53 Å². The van der Waals surface area contributed by atoms with Crippen LogP contribution in [0, 0.1) is 5.92 Å². The minimum atomic E-state index is -0.292. The molecule has 0 bridgehead atoms. The number of anilines is 1. The normalized spacial score (nSPS) is 14.8. The molecular weight excluding hydrogens is 270 g/mol. The molecule has 0 spiro atoms. The molecule has 1 aromatic carbocycles. The molecule has 0 amide bonds. The Morgan fingerprint density at radius 1 is 1.50 bits per heavy atom. The van der Waals surface area contributed by atoms with Crippen LogP contribution in [0.15, 0.2) is 22.7 Å². The first-order valence-electron chi connectivity index (χ1n) is 5.39. The molecule has 3 nitrogen and oxygen atoms in total. The van der Waals surface area contributed by atoms with Crippen molar-refractivity contribution in [3.8, 4) is 0 Å². The summed E-state index contributed by atoms with van der Waals surface area (Å²) in [5.74, 6) is 0.489. The highest BCUT2D eigenvalue weighted by Gasteiger charge is 2.21. The zero-order valence-electron chi connectivity index (χ0n) is 8.91. The van der Waals surface area contributed by atoms with E-state index in [-0.39, 0.29) is 5.97 Å². The van der Waals surface area contributed by atoms with E-state index in [1.807, 2.05) is 0 Å². The molecule has 0 heterocycles. The maximum Gasteiger partial charge on any atom is 0.338 e. The van der Waals surface area contributed by atoms with E-state index in [2.05, 4.69) is 15.9 Å². The zero-order valence-corrected chi connectivity index (χ0v) is 10.5. The predicted octanol–water partition coefficient (Wildman–Crippen LogP) is 2.99. The predicted molar refractivity (Wildman–Crippen MR) is 66.2 cm³/mol. The molecule has 86 valence electrons. The molecule has 0 aliphatic heterocycles. The van der Waals surface area contributed by atoms with Gasteiger partial charge in [-0.25, -0.2) is 4.79 Å². The number of carbonyl (C=O) groups is 1. The van der Waals surface area contributed by atoms with Crippen LogP contribution in [0.4, 0.5) is 5.69 Å². The molecular formula is C12H14BrNO2. The fourth-order valence-corrected chi connectivity index (χ4v) is 1.73. The molecule has 0 aromatic heterocycles. The standard InChI is InChI=1S/C12H14BrNO2/c13-10-4-3-9(7-11(10)14)12(15)16-6-5-8-1-2-8/h3-4,7-8H,1-2,5-6,14H2. The van der Waals surface area contributed by atoms with Crippen LogP contribution in [-0.2, 0) is 4.74 Å². The molecule has 0 atom stereocenters. The summed E-state index contributed by atoms with van der Waals surface area (Å²) in [6.45, 7) is 0.513. The van der Waals surface area contributed by atoms with Crippen molar-refractivity contribution in [2.24, 2.45) is 5.92 Å². The Bertz CT molecular complexity index is 402. The van der Waals surface area contributed by atoms with Crippen LogP contribution in [0.5, 0.6) is 0 Å². The number of hydrogen-bond donors (Lipinski definition) is 1. The van der Waals surface area contributed by atoms with Gasteiger partial charge in [-0.15, -0.1) is 0 Å². The highest BCUT2D eigenvalue weighted by atomic mass is 79.9. The average molecular weight is 284 g/mol. The van der Waals surface area contributed by atoms with Gasteiger partial charge in [-0.1, -0.05) is 12.8 Å². The Balaban J connectivity index is 1.88. The zero-order chi connectivity index (χ0) is 11.5. The SMILES string of the molecule is Nc1cc(C(=O)OCCC2CC2)ccc1Br. The Labute approximate surface area is 103 Å². The average Bonchev–Trinajstić information content (AvgIpc) is 3.06. The fraction of sp³-hybridized carbons (Fsp3) is 0.417. The van der Waals surface area contributed by atoms with Gasteiger partial charge in [0.2, 0.25) is 0 Å². The second-order valence-corrected chi connectivity index (χ2v) is 4.96. The number of halogens is 1. The lowest BCUT2D eigenvalue weighted by molar-refractivity contribution is 0.0495. The largest absolute Gasteiger partial charge is 0.462 e. The Morgan fingerprint density at radius 3 is 2.88 bits per heavy atom. The fourth-order valence-electron chi connectivity index (χ4n) is 1.48. The van der Waals surface area contributed by atoms with Gasteiger partial charge in [-0.3, -0.25) is 0 Å². The summed E-state index contributed by atoms with van der Waals surface area (Å²) >= 11 is 3.28. The lowest BCUT2D eigenvalue weighted by Crippen LogP contribution is -2.07. The third-order valence-corrected chi connectivity index (χ3v) is 3.41. The maximum absolute atomic E-state index is 11.6. The van der Waals surface area contributed by atoms with E-state index in [0.29, 0.717) is 17.9 Å². The number of hydrogen-bond acceptors (Lipinski definition) is 3. The van der Waals surface area contributed by atoms with Crippen molar-refractivity contribution in [3.63, 3.8) is 0 Å². The van der Waals surface area contributed by atoms with Crippen LogP contribution in [0.25, 0.3) is 0 Å². The maximum atomic E-state index is 11.6. The summed E-state index contributed by atoms with van der Waals surface area (Å²) in [4.78, 5) is 11.6. The van der Waals surface area contributed by atoms with Crippen LogP contribution in [0.3, 0.4) is 0 Å². The van der Waals surface area contributed by atoms with Crippen LogP contribution in [-0.4, -0.2) is 12.6 Å². The summed E-state index contributed by atoms with van der Waals surface area (Å²) in [5.41, 5.74) is 6.75. The summed E-state index contributed by atoms with van der Waals surface area (Å²) < 4.78 is 5.96. The summed E-state index contributed by atoms with van der Waals surface area (Å²) in [7, 11) is 0. The molecule has 4 heteroatoms. The summed E-state index contributed by atoms with van der Waals surface area (Å²) in [6, 6.07) is 5.09. The minimum absolute atomic E-state index is 0.292. The number of nitrogen functional groups attached to an aromatic ring is 1. The second-order valence-electron chi connectivity index (χ2n) is 4.10. The molecule has 2 N–H and O–H groups in total. The van der Waals surface area contributed by atoms with Gasteiger partial charge in [0, 0.05) is 10.2 Å². The summed E-state index contributed by atoms with van der Waals surface area (Å²) in [5, 5.41) is 0. The number of rotatable bonds is 4. The number of carbonyl (C=O) groups excluding carboxylic acids is 1. The molecule has 1 fully saturated rings. The van der Waals surface area contributed by atoms with Gasteiger partial charge in [-0.05, 0) is 46.5 Å². The first kappa shape index (κ1) is 11.5. The lowest BCUT2D eigenvalue weighted by atomic mass is 10.2. The van der Waals surface area contributed by atoms with Crippen LogP contribution in [0.1, 0.15) is 29.6 Å². The highest BCUT2D eigenvalue weighted by molar-refractivity contribution is 9.10. The third kappa shape index (κ3) is 2.98. The van der Waals surface area contributed by atoms with Crippen molar-refractivity contribution in [1.82, 2.24) is 0 Å². The van der Waals surface area contributed by atoms with Crippen molar-refractivity contribution in [2.75, 3.05) is 12.3 Å². The van der Waals surface area contributed by atoms with Gasteiger partial charge in [-0.2, -0.15) is 0 Å². The Morgan fingerprint density at radius 2 is 2.25 bits per heavy atom. The Kier molecular flexibility index (Phi) is 3.49. The molecule has 2 rings (SSSR count). The number of esters is 1. The topological polar surface area (TPSA) is 52.3 Å². The van der Waals surface area contributed by atoms with Crippen molar-refractivity contribution in [3.05, 3.63) is 28.2 Å². The molecule has 0 unspecified atom stereocenters. The quantitative estimate of drug-likeness (QED) is 0.683. The van der Waals surface area contributed by atoms with Crippen LogP contribution in [0.2, 0.25) is 0 Å². The number of ether oxygens (including phenoxy) is 1. The van der Waals surface area contributed by atoms with Gasteiger partial charge < -0.3 is 10.5 Å². The van der Waals surface area contributed by atoms with E-state index in [4.69, 9.17) is 10.5 Å². The molecule has 1 saturated carbocycles. The molecule has 0 radical (unpaired) electrons. The van der Waals surface area contributed by atoms with Crippen LogP contribution >= 0.6 is 15.9 Å². The molecule has 1 aliphatic carbocycles. The van der Waals surface area contributed by atoms with Gasteiger partial charge in [0.25, 0.3) is 0 Å². The monoisotopic (exact) mass is 283 g/mol. The van der Waals surface area contributed by atoms with E-state index in [1.54, 1.807) is 18.2 Å². The first-order chi connectivity index (χ1) is 7.66. The van der Waals surface area contributed by atoms with Gasteiger partial charge in [0.1, 0.15) is 0 Å². The highest BCUT2D eigenvalue weighted by Crippen LogP contribution is 2.32. The van der Waals surface area contributed by atoms with Crippen molar-refractivity contribution in [1.29, 1.82) is 0 Å². The Hall–Kier alpha value is -1.03. The van der Waals surface area contributed by atoms with Gasteiger partial charge in [0.05, 0.1) is 12.2 Å². The van der Waals surface area contributed by atoms with Crippen molar-refractivity contribution in [2.45, 2.75) is 19.3 Å². The summed E-state index contributed by atoms with van der Waals surface area (Å²) in [6.07, 6.45) is 3.54. The minimum Gasteiger partial charge on any atom is -0.462 e. The van der Waals surface area contributed by atoms with E-state index < -0.39 is 0 Å². The van der Waals surface area contributed by atoms with E-state index >= 15 is 0 Å². The first-order valence-corrected chi connectivity index (χ1v) is 6.18. The number of nitrogens with two attached hydrogens (primary N) is 1.